The molecule has 3 unspecified atom stereocenters. The average molecular weight is 446 g/mol. The van der Waals surface area contributed by atoms with Gasteiger partial charge in [-0.05, 0) is 69.9 Å². The van der Waals surface area contributed by atoms with E-state index in [2.05, 4.69) is 30.6 Å². The first-order valence-corrected chi connectivity index (χ1v) is 11.2. The van der Waals surface area contributed by atoms with Crippen LogP contribution in [0.1, 0.15) is 54.7 Å². The van der Waals surface area contributed by atoms with Crippen molar-refractivity contribution < 1.29 is 9.90 Å². The van der Waals surface area contributed by atoms with E-state index in [1.54, 1.807) is 23.3 Å². The number of H-pyrrole nitrogens is 1. The summed E-state index contributed by atoms with van der Waals surface area (Å²) in [5.74, 6) is -0.155. The highest BCUT2D eigenvalue weighted by Gasteiger charge is 2.40. The molecule has 33 heavy (non-hydrogen) atoms. The number of aromatic nitrogens is 6. The summed E-state index contributed by atoms with van der Waals surface area (Å²) in [5, 5.41) is 27.0. The highest BCUT2D eigenvalue weighted by molar-refractivity contribution is 6.01. The van der Waals surface area contributed by atoms with E-state index < -0.39 is 5.60 Å². The first-order chi connectivity index (χ1) is 15.9. The number of aryl methyl sites for hydroxylation is 1. The number of benzene rings is 1. The fraction of sp³-hybridized carbons (Fsp3) is 0.375. The van der Waals surface area contributed by atoms with Crippen LogP contribution in [-0.2, 0) is 0 Å². The number of fused-ring (bicyclic) bond motifs is 1. The molecule has 3 aromatic heterocycles. The molecule has 0 saturated heterocycles. The zero-order valence-electron chi connectivity index (χ0n) is 18.7. The Kier molecular flexibility index (Phi) is 5.41. The third-order valence-electron chi connectivity index (χ3n) is 6.70. The largest absolute Gasteiger partial charge is 0.388 e. The van der Waals surface area contributed by atoms with Crippen molar-refractivity contribution in [3.8, 4) is 11.3 Å². The van der Waals surface area contributed by atoms with Crippen molar-refractivity contribution in [3.05, 3.63) is 60.4 Å². The predicted octanol–water partition coefficient (Wildman–Crippen LogP) is 3.19. The topological polar surface area (TPSA) is 122 Å². The summed E-state index contributed by atoms with van der Waals surface area (Å²) in [4.78, 5) is 21.4. The van der Waals surface area contributed by atoms with Gasteiger partial charge in [-0.1, -0.05) is 0 Å². The predicted molar refractivity (Wildman–Crippen MR) is 123 cm³/mol. The van der Waals surface area contributed by atoms with E-state index in [9.17, 15) is 9.90 Å². The number of hydrogen-bond donors (Lipinski definition) is 3. The Bertz CT molecular complexity index is 1280. The Labute approximate surface area is 191 Å². The van der Waals surface area contributed by atoms with Gasteiger partial charge in [-0.3, -0.25) is 14.9 Å². The van der Waals surface area contributed by atoms with Gasteiger partial charge in [0, 0.05) is 34.4 Å². The molecule has 0 aliphatic heterocycles. The lowest BCUT2D eigenvalue weighted by Crippen LogP contribution is -2.49. The fourth-order valence-corrected chi connectivity index (χ4v) is 4.79. The smallest absolute Gasteiger partial charge is 0.251 e. The minimum absolute atomic E-state index is 0.121. The van der Waals surface area contributed by atoms with Gasteiger partial charge in [0.15, 0.2) is 0 Å². The zero-order valence-corrected chi connectivity index (χ0v) is 18.7. The molecule has 5 rings (SSSR count). The summed E-state index contributed by atoms with van der Waals surface area (Å²) in [5.41, 5.74) is 3.12. The monoisotopic (exact) mass is 445 g/mol. The van der Waals surface area contributed by atoms with E-state index in [-0.39, 0.29) is 18.0 Å². The molecule has 1 amide bonds. The fourth-order valence-electron chi connectivity index (χ4n) is 4.79. The summed E-state index contributed by atoms with van der Waals surface area (Å²) in [6, 6.07) is 9.07. The number of carbonyl (C=O) groups is 1. The van der Waals surface area contributed by atoms with Gasteiger partial charge < -0.3 is 10.4 Å². The maximum Gasteiger partial charge on any atom is 0.251 e. The molecule has 0 bridgehead atoms. The molecule has 3 heterocycles. The number of nitrogens with zero attached hydrogens (tertiary/aromatic N) is 5. The maximum absolute atomic E-state index is 13.1. The molecule has 3 N–H and O–H groups in total. The second-order valence-corrected chi connectivity index (χ2v) is 8.94. The van der Waals surface area contributed by atoms with Crippen LogP contribution < -0.4 is 5.32 Å². The number of rotatable bonds is 5. The summed E-state index contributed by atoms with van der Waals surface area (Å²) < 4.78 is 1.68. The van der Waals surface area contributed by atoms with Crippen molar-refractivity contribution in [1.82, 2.24) is 35.3 Å². The van der Waals surface area contributed by atoms with Crippen LogP contribution in [0.5, 0.6) is 0 Å². The van der Waals surface area contributed by atoms with Crippen molar-refractivity contribution in [3.63, 3.8) is 0 Å². The molecule has 9 heteroatoms. The summed E-state index contributed by atoms with van der Waals surface area (Å²) >= 11 is 0. The molecule has 3 atom stereocenters. The number of nitrogens with one attached hydrogen (secondary N) is 2. The Balaban J connectivity index is 1.35. The van der Waals surface area contributed by atoms with Crippen molar-refractivity contribution in [2.45, 2.75) is 57.2 Å². The minimum Gasteiger partial charge on any atom is -0.388 e. The van der Waals surface area contributed by atoms with Gasteiger partial charge in [0.1, 0.15) is 18.3 Å². The van der Waals surface area contributed by atoms with E-state index in [1.807, 2.05) is 38.1 Å². The van der Waals surface area contributed by atoms with Crippen molar-refractivity contribution >= 4 is 16.8 Å². The molecule has 170 valence electrons. The normalized spacial score (nSPS) is 21.7. The Morgan fingerprint density at radius 2 is 2.21 bits per heavy atom. The van der Waals surface area contributed by atoms with Gasteiger partial charge in [-0.15, -0.1) is 0 Å². The summed E-state index contributed by atoms with van der Waals surface area (Å²) in [6.45, 7) is 3.88. The van der Waals surface area contributed by atoms with Gasteiger partial charge >= 0.3 is 0 Å². The molecule has 0 spiro atoms. The molecule has 4 aromatic rings. The first kappa shape index (κ1) is 21.3. The van der Waals surface area contributed by atoms with Gasteiger partial charge in [-0.25, -0.2) is 9.67 Å². The highest BCUT2D eigenvalue weighted by Crippen LogP contribution is 2.37. The van der Waals surface area contributed by atoms with E-state index in [0.717, 1.165) is 40.7 Å². The van der Waals surface area contributed by atoms with E-state index >= 15 is 0 Å². The number of pyridine rings is 1. The molecule has 1 aliphatic rings. The minimum atomic E-state index is -0.954. The summed E-state index contributed by atoms with van der Waals surface area (Å²) in [6.07, 6.45) is 7.63. The van der Waals surface area contributed by atoms with Crippen LogP contribution in [-0.4, -0.2) is 52.6 Å². The van der Waals surface area contributed by atoms with Crippen LogP contribution in [0.15, 0.2) is 49.2 Å². The zero-order chi connectivity index (χ0) is 23.0. The van der Waals surface area contributed by atoms with Crippen LogP contribution >= 0.6 is 0 Å². The molecular weight excluding hydrogens is 418 g/mol. The van der Waals surface area contributed by atoms with E-state index in [0.29, 0.717) is 18.4 Å². The number of carbonyl (C=O) groups excluding carboxylic acids is 1. The Morgan fingerprint density at radius 3 is 3.00 bits per heavy atom. The number of aliphatic hydroxyl groups is 1. The highest BCUT2D eigenvalue weighted by atomic mass is 16.3. The number of amides is 1. The average Bonchev–Trinajstić information content (AvgIpc) is 3.48. The number of hydrogen-bond acceptors (Lipinski definition) is 6. The Morgan fingerprint density at radius 1 is 1.33 bits per heavy atom. The molecule has 1 saturated carbocycles. The van der Waals surface area contributed by atoms with Crippen LogP contribution in [0.3, 0.4) is 0 Å². The Hall–Kier alpha value is -3.59. The lowest BCUT2D eigenvalue weighted by atomic mass is 9.77. The van der Waals surface area contributed by atoms with Crippen molar-refractivity contribution in [2.24, 2.45) is 0 Å². The third kappa shape index (κ3) is 4.11. The maximum atomic E-state index is 13.1. The molecule has 9 nitrogen and oxygen atoms in total. The molecule has 1 aliphatic carbocycles. The molecule has 1 fully saturated rings. The first-order valence-electron chi connectivity index (χ1n) is 11.2. The quantitative estimate of drug-likeness (QED) is 0.434. The standard InChI is InChI=1S/C24H27N7O2/c1-15-10-17(7-9-26-15)22-20-11-18(5-6-21(20)29-30-22)23(32)28-19-4-3-8-24(33,12-19)16(2)31-14-25-13-27-31/h5-7,9-11,13-14,16,19,33H,3-4,8,12H2,1-2H3,(H,28,32)(H,29,30). The summed E-state index contributed by atoms with van der Waals surface area (Å²) in [7, 11) is 0. The third-order valence-corrected chi connectivity index (χ3v) is 6.70. The van der Waals surface area contributed by atoms with Crippen LogP contribution in [0.25, 0.3) is 22.2 Å². The lowest BCUT2D eigenvalue weighted by molar-refractivity contribution is -0.0490. The second kappa shape index (κ2) is 8.40. The second-order valence-electron chi connectivity index (χ2n) is 8.94. The van der Waals surface area contributed by atoms with Gasteiger partial charge in [-0.2, -0.15) is 10.2 Å². The van der Waals surface area contributed by atoms with Gasteiger partial charge in [0.25, 0.3) is 5.91 Å². The lowest BCUT2D eigenvalue weighted by Gasteiger charge is -2.41. The molecule has 1 aromatic carbocycles. The van der Waals surface area contributed by atoms with Crippen LogP contribution in [0.4, 0.5) is 0 Å². The number of aromatic amines is 1. The molecule has 0 radical (unpaired) electrons. The van der Waals surface area contributed by atoms with Crippen molar-refractivity contribution in [2.75, 3.05) is 0 Å². The van der Waals surface area contributed by atoms with Crippen molar-refractivity contribution in [1.29, 1.82) is 0 Å². The van der Waals surface area contributed by atoms with E-state index in [1.165, 1.54) is 6.33 Å². The SMILES string of the molecule is Cc1cc(-c2n[nH]c3ccc(C(=O)NC4CCCC(O)(C(C)n5cncn5)C4)cc23)ccn1. The van der Waals surface area contributed by atoms with Crippen LogP contribution in [0, 0.1) is 6.92 Å². The van der Waals surface area contributed by atoms with Gasteiger partial charge in [0.05, 0.1) is 17.2 Å². The van der Waals surface area contributed by atoms with Crippen LogP contribution in [0.2, 0.25) is 0 Å². The van der Waals surface area contributed by atoms with Gasteiger partial charge in [0.2, 0.25) is 0 Å². The molecular formula is C24H27N7O2. The van der Waals surface area contributed by atoms with E-state index in [4.69, 9.17) is 0 Å².